The molecule has 3 heteroatoms. The molecule has 2 nitrogen and oxygen atoms in total. The second-order valence-electron chi connectivity index (χ2n) is 9.62. The lowest BCUT2D eigenvalue weighted by atomic mass is 9.88. The number of hydrogen-bond acceptors (Lipinski definition) is 3. The summed E-state index contributed by atoms with van der Waals surface area (Å²) in [5.74, 6) is 0.941. The molecule has 0 saturated carbocycles. The Labute approximate surface area is 203 Å². The van der Waals surface area contributed by atoms with Gasteiger partial charge in [-0.3, -0.25) is 4.98 Å². The van der Waals surface area contributed by atoms with E-state index in [2.05, 4.69) is 88.4 Å². The van der Waals surface area contributed by atoms with Crippen LogP contribution in [0.3, 0.4) is 0 Å². The fourth-order valence-electron chi connectivity index (χ4n) is 4.99. The minimum atomic E-state index is 0.471. The van der Waals surface area contributed by atoms with Crippen LogP contribution in [0, 0.1) is 0 Å². The summed E-state index contributed by atoms with van der Waals surface area (Å²) >= 11 is 1.86. The van der Waals surface area contributed by atoms with Crippen molar-refractivity contribution in [3.8, 4) is 21.7 Å². The van der Waals surface area contributed by atoms with Crippen molar-refractivity contribution in [3.63, 3.8) is 0 Å². The Hall–Kier alpha value is -3.43. The lowest BCUT2D eigenvalue weighted by molar-refractivity contribution is 0.670. The Morgan fingerprint density at radius 1 is 0.765 bits per heavy atom. The van der Waals surface area contributed by atoms with Crippen LogP contribution in [0.25, 0.3) is 53.7 Å². The van der Waals surface area contributed by atoms with Gasteiger partial charge in [0.05, 0.1) is 5.69 Å². The molecule has 0 bridgehead atoms. The van der Waals surface area contributed by atoms with Crippen LogP contribution in [-0.2, 0) is 0 Å². The molecule has 0 aliphatic rings. The van der Waals surface area contributed by atoms with Crippen molar-refractivity contribution in [1.29, 1.82) is 0 Å². The Bertz CT molecular complexity index is 1640. The van der Waals surface area contributed by atoms with E-state index < -0.39 is 0 Å². The highest BCUT2D eigenvalue weighted by molar-refractivity contribution is 7.22. The Balaban J connectivity index is 1.53. The van der Waals surface area contributed by atoms with Crippen LogP contribution < -0.4 is 0 Å². The topological polar surface area (TPSA) is 26.0 Å². The van der Waals surface area contributed by atoms with Crippen molar-refractivity contribution in [2.75, 3.05) is 0 Å². The first kappa shape index (κ1) is 21.1. The summed E-state index contributed by atoms with van der Waals surface area (Å²) in [6.07, 6.45) is 2.01. The van der Waals surface area contributed by atoms with E-state index >= 15 is 0 Å². The van der Waals surface area contributed by atoms with Gasteiger partial charge in [0.15, 0.2) is 0 Å². The summed E-state index contributed by atoms with van der Waals surface area (Å²) in [4.78, 5) is 6.19. The standard InChI is InChI=1S/C31H27NOS/c1-18(2)21-10-7-11-22(19(3)4)30(21)29-15-20-17-32-26(16-28(20)34-29)25-13-8-12-24-23-9-5-6-14-27(23)33-31(24)25/h5-19H,1-4H3. The van der Waals surface area contributed by atoms with Gasteiger partial charge in [-0.05, 0) is 52.8 Å². The smallest absolute Gasteiger partial charge is 0.144 e. The molecule has 34 heavy (non-hydrogen) atoms. The zero-order valence-corrected chi connectivity index (χ0v) is 20.7. The molecule has 0 amide bonds. The number of nitrogens with zero attached hydrogens (tertiary/aromatic N) is 1. The van der Waals surface area contributed by atoms with Gasteiger partial charge in [0.1, 0.15) is 11.2 Å². The Morgan fingerprint density at radius 2 is 1.47 bits per heavy atom. The third-order valence-corrected chi connectivity index (χ3v) is 7.82. The van der Waals surface area contributed by atoms with E-state index in [4.69, 9.17) is 9.40 Å². The van der Waals surface area contributed by atoms with Crippen LogP contribution in [0.1, 0.15) is 50.7 Å². The summed E-state index contributed by atoms with van der Waals surface area (Å²) < 4.78 is 7.52. The third-order valence-electron chi connectivity index (χ3n) is 6.70. The van der Waals surface area contributed by atoms with Gasteiger partial charge in [-0.2, -0.15) is 0 Å². The maximum Gasteiger partial charge on any atom is 0.144 e. The lowest BCUT2D eigenvalue weighted by Gasteiger charge is -2.18. The van der Waals surface area contributed by atoms with E-state index in [0.29, 0.717) is 11.8 Å². The van der Waals surface area contributed by atoms with Crippen LogP contribution in [0.2, 0.25) is 0 Å². The average molecular weight is 462 g/mol. The average Bonchev–Trinajstić information content (AvgIpc) is 3.44. The van der Waals surface area contributed by atoms with Crippen LogP contribution in [0.4, 0.5) is 0 Å². The molecular weight excluding hydrogens is 434 g/mol. The molecule has 0 unspecified atom stereocenters. The number of para-hydroxylation sites is 2. The number of pyridine rings is 1. The van der Waals surface area contributed by atoms with E-state index in [1.165, 1.54) is 31.7 Å². The van der Waals surface area contributed by atoms with Crippen LogP contribution >= 0.6 is 11.3 Å². The molecule has 0 spiro atoms. The fourth-order valence-corrected chi connectivity index (χ4v) is 6.15. The third kappa shape index (κ3) is 3.35. The predicted molar refractivity (Wildman–Crippen MR) is 146 cm³/mol. The van der Waals surface area contributed by atoms with E-state index in [0.717, 1.165) is 33.2 Å². The minimum absolute atomic E-state index is 0.471. The second-order valence-corrected chi connectivity index (χ2v) is 10.7. The highest BCUT2D eigenvalue weighted by atomic mass is 32.1. The fraction of sp³-hybridized carbons (Fsp3) is 0.194. The van der Waals surface area contributed by atoms with Gasteiger partial charge in [-0.15, -0.1) is 11.3 Å². The van der Waals surface area contributed by atoms with E-state index in [1.54, 1.807) is 0 Å². The molecular formula is C31H27NOS. The molecule has 0 aliphatic heterocycles. The first-order valence-corrected chi connectivity index (χ1v) is 12.8. The van der Waals surface area contributed by atoms with Gasteiger partial charge >= 0.3 is 0 Å². The molecule has 3 aromatic heterocycles. The molecule has 0 N–H and O–H groups in total. The summed E-state index contributed by atoms with van der Waals surface area (Å²) in [6, 6.07) is 25.8. The largest absolute Gasteiger partial charge is 0.455 e. The van der Waals surface area contributed by atoms with Crippen LogP contribution in [-0.4, -0.2) is 4.98 Å². The van der Waals surface area contributed by atoms with Crippen LogP contribution in [0.15, 0.2) is 83.4 Å². The van der Waals surface area contributed by atoms with Crippen molar-refractivity contribution in [2.24, 2.45) is 0 Å². The maximum absolute atomic E-state index is 6.27. The molecule has 0 fully saturated rings. The van der Waals surface area contributed by atoms with Crippen molar-refractivity contribution < 1.29 is 4.42 Å². The summed E-state index contributed by atoms with van der Waals surface area (Å²) in [5.41, 5.74) is 8.03. The van der Waals surface area contributed by atoms with Crippen molar-refractivity contribution in [2.45, 2.75) is 39.5 Å². The maximum atomic E-state index is 6.27. The zero-order chi connectivity index (χ0) is 23.4. The Kier molecular flexibility index (Phi) is 5.04. The number of fused-ring (bicyclic) bond motifs is 4. The molecule has 168 valence electrons. The molecule has 6 rings (SSSR count). The number of thiophene rings is 1. The van der Waals surface area contributed by atoms with Gasteiger partial charge in [0, 0.05) is 37.5 Å². The monoisotopic (exact) mass is 461 g/mol. The molecule has 0 saturated heterocycles. The molecule has 0 aliphatic carbocycles. The summed E-state index contributed by atoms with van der Waals surface area (Å²) in [5, 5.41) is 3.47. The number of furan rings is 1. The van der Waals surface area contributed by atoms with E-state index in [-0.39, 0.29) is 0 Å². The molecule has 3 heterocycles. The predicted octanol–water partition coefficient (Wildman–Crippen LogP) is 9.78. The van der Waals surface area contributed by atoms with Crippen molar-refractivity contribution in [1.82, 2.24) is 4.98 Å². The first-order chi connectivity index (χ1) is 16.5. The van der Waals surface area contributed by atoms with Gasteiger partial charge in [-0.1, -0.05) is 76.2 Å². The van der Waals surface area contributed by atoms with E-state index in [9.17, 15) is 0 Å². The molecule has 3 aromatic carbocycles. The number of aromatic nitrogens is 1. The van der Waals surface area contributed by atoms with E-state index in [1.807, 2.05) is 29.7 Å². The summed E-state index contributed by atoms with van der Waals surface area (Å²) in [7, 11) is 0. The number of hydrogen-bond donors (Lipinski definition) is 0. The molecule has 0 atom stereocenters. The normalized spacial score (nSPS) is 12.1. The number of benzene rings is 3. The first-order valence-electron chi connectivity index (χ1n) is 11.9. The zero-order valence-electron chi connectivity index (χ0n) is 19.9. The molecule has 0 radical (unpaired) electrons. The lowest BCUT2D eigenvalue weighted by Crippen LogP contribution is -1.98. The highest BCUT2D eigenvalue weighted by Crippen LogP contribution is 2.43. The number of rotatable bonds is 4. The summed E-state index contributed by atoms with van der Waals surface area (Å²) in [6.45, 7) is 9.13. The van der Waals surface area contributed by atoms with Gasteiger partial charge in [0.25, 0.3) is 0 Å². The Morgan fingerprint density at radius 3 is 2.24 bits per heavy atom. The quantitative estimate of drug-likeness (QED) is 0.261. The minimum Gasteiger partial charge on any atom is -0.455 e. The molecule has 6 aromatic rings. The van der Waals surface area contributed by atoms with Crippen molar-refractivity contribution in [3.05, 3.63) is 90.1 Å². The van der Waals surface area contributed by atoms with Gasteiger partial charge < -0.3 is 4.42 Å². The van der Waals surface area contributed by atoms with Crippen LogP contribution in [0.5, 0.6) is 0 Å². The highest BCUT2D eigenvalue weighted by Gasteiger charge is 2.18. The van der Waals surface area contributed by atoms with Gasteiger partial charge in [0.2, 0.25) is 0 Å². The second kappa shape index (κ2) is 8.11. The SMILES string of the molecule is CC(C)c1cccc(C(C)C)c1-c1cc2cnc(-c3cccc4c3oc3ccccc34)cc2s1. The van der Waals surface area contributed by atoms with Gasteiger partial charge in [-0.25, -0.2) is 0 Å². The van der Waals surface area contributed by atoms with Crippen molar-refractivity contribution >= 4 is 43.4 Å².